The Balaban J connectivity index is 0.00000210. The van der Waals surface area contributed by atoms with Crippen LogP contribution in [0.1, 0.15) is 19.5 Å². The predicted molar refractivity (Wildman–Crippen MR) is 110 cm³/mol. The van der Waals surface area contributed by atoms with E-state index < -0.39 is 0 Å². The van der Waals surface area contributed by atoms with Gasteiger partial charge >= 0.3 is 0 Å². The Morgan fingerprint density at radius 2 is 1.81 bits per heavy atom. The molecule has 1 fully saturated rings. The summed E-state index contributed by atoms with van der Waals surface area (Å²) in [5.41, 5.74) is 9.13. The van der Waals surface area contributed by atoms with Crippen molar-refractivity contribution in [2.75, 3.05) is 18.0 Å². The van der Waals surface area contributed by atoms with Gasteiger partial charge in [0.25, 0.3) is 0 Å². The molecule has 1 saturated heterocycles. The Kier molecular flexibility index (Phi) is 5.89. The first-order chi connectivity index (χ1) is 12.6. The monoisotopic (exact) mass is 385 g/mol. The van der Waals surface area contributed by atoms with Gasteiger partial charge in [0.1, 0.15) is 5.82 Å². The third-order valence-electron chi connectivity index (χ3n) is 4.58. The van der Waals surface area contributed by atoms with Gasteiger partial charge in [0.05, 0.1) is 34.8 Å². The Hall–Kier alpha value is -2.28. The molecule has 0 amide bonds. The molecule has 0 radical (unpaired) electrons. The van der Waals surface area contributed by atoms with E-state index in [9.17, 15) is 0 Å². The summed E-state index contributed by atoms with van der Waals surface area (Å²) in [6, 6.07) is 12.0. The van der Waals surface area contributed by atoms with E-state index >= 15 is 0 Å². The second-order valence-corrected chi connectivity index (χ2v) is 6.81. The van der Waals surface area contributed by atoms with Crippen molar-refractivity contribution >= 4 is 29.1 Å². The maximum Gasteiger partial charge on any atom is 0.129 e. The number of ether oxygens (including phenoxy) is 1. The zero-order valence-corrected chi connectivity index (χ0v) is 16.3. The highest BCUT2D eigenvalue weighted by Gasteiger charge is 2.23. The van der Waals surface area contributed by atoms with Crippen LogP contribution < -0.4 is 10.6 Å². The normalized spacial score (nSPS) is 19.7. The first-order valence-electron chi connectivity index (χ1n) is 8.96. The largest absolute Gasteiger partial charge is 0.372 e. The van der Waals surface area contributed by atoms with E-state index in [4.69, 9.17) is 20.4 Å². The maximum atomic E-state index is 5.82. The van der Waals surface area contributed by atoms with Gasteiger partial charge in [0.2, 0.25) is 0 Å². The molecule has 1 aliphatic heterocycles. The summed E-state index contributed by atoms with van der Waals surface area (Å²) in [6.45, 7) is 6.29. The third-order valence-corrected chi connectivity index (χ3v) is 4.58. The molecule has 142 valence electrons. The average Bonchev–Trinajstić information content (AvgIpc) is 2.66. The Bertz CT molecular complexity index is 925. The number of halogens is 1. The molecule has 3 aromatic rings. The van der Waals surface area contributed by atoms with E-state index in [0.29, 0.717) is 6.54 Å². The van der Waals surface area contributed by atoms with Gasteiger partial charge in [-0.15, -0.1) is 12.4 Å². The van der Waals surface area contributed by atoms with Crippen molar-refractivity contribution in [2.24, 2.45) is 5.73 Å². The highest BCUT2D eigenvalue weighted by atomic mass is 35.5. The van der Waals surface area contributed by atoms with Gasteiger partial charge in [-0.3, -0.25) is 4.98 Å². The molecule has 0 unspecified atom stereocenters. The first-order valence-corrected chi connectivity index (χ1v) is 8.96. The van der Waals surface area contributed by atoms with Crippen molar-refractivity contribution in [1.29, 1.82) is 0 Å². The minimum atomic E-state index is 0. The molecule has 6 nitrogen and oxygen atoms in total. The SMILES string of the molecule is C[C@@H]1CN(c2cccc(-c3ccc4cnc(CN)cc4n3)n2)C[C@H](C)O1.Cl. The molecule has 0 aromatic carbocycles. The Morgan fingerprint density at radius 3 is 2.56 bits per heavy atom. The van der Waals surface area contributed by atoms with Crippen LogP contribution in [0.2, 0.25) is 0 Å². The van der Waals surface area contributed by atoms with E-state index in [1.165, 1.54) is 0 Å². The predicted octanol–water partition coefficient (Wildman–Crippen LogP) is 3.19. The van der Waals surface area contributed by atoms with Crippen LogP contribution in [0.5, 0.6) is 0 Å². The molecule has 4 heterocycles. The van der Waals surface area contributed by atoms with E-state index in [1.54, 1.807) is 0 Å². The van der Waals surface area contributed by atoms with Crippen LogP contribution in [0.25, 0.3) is 22.3 Å². The number of nitrogens with zero attached hydrogens (tertiary/aromatic N) is 4. The summed E-state index contributed by atoms with van der Waals surface area (Å²) in [5, 5.41) is 0.998. The molecule has 0 saturated carbocycles. The van der Waals surface area contributed by atoms with Gasteiger partial charge in [-0.05, 0) is 44.2 Å². The first kappa shape index (κ1) is 19.5. The molecule has 2 atom stereocenters. The van der Waals surface area contributed by atoms with Crippen molar-refractivity contribution < 1.29 is 4.74 Å². The zero-order valence-electron chi connectivity index (χ0n) is 15.5. The smallest absolute Gasteiger partial charge is 0.129 e. The number of rotatable bonds is 3. The summed E-state index contributed by atoms with van der Waals surface area (Å²) in [4.78, 5) is 16.2. The molecule has 2 N–H and O–H groups in total. The van der Waals surface area contributed by atoms with Crippen LogP contribution in [-0.2, 0) is 11.3 Å². The van der Waals surface area contributed by atoms with Crippen LogP contribution in [0, 0.1) is 0 Å². The van der Waals surface area contributed by atoms with Gasteiger partial charge < -0.3 is 15.4 Å². The summed E-state index contributed by atoms with van der Waals surface area (Å²) >= 11 is 0. The lowest BCUT2D eigenvalue weighted by Crippen LogP contribution is -2.45. The van der Waals surface area contributed by atoms with Crippen LogP contribution >= 0.6 is 12.4 Å². The molecule has 4 rings (SSSR count). The van der Waals surface area contributed by atoms with Crippen molar-refractivity contribution in [3.8, 4) is 11.4 Å². The molecular formula is C20H24ClN5O. The van der Waals surface area contributed by atoms with E-state index in [1.807, 2.05) is 42.6 Å². The number of aromatic nitrogens is 3. The average molecular weight is 386 g/mol. The Morgan fingerprint density at radius 1 is 1.07 bits per heavy atom. The second kappa shape index (κ2) is 8.17. The van der Waals surface area contributed by atoms with Crippen LogP contribution in [-0.4, -0.2) is 40.2 Å². The number of hydrogen-bond acceptors (Lipinski definition) is 6. The summed E-state index contributed by atoms with van der Waals surface area (Å²) in [7, 11) is 0. The van der Waals surface area contributed by atoms with Crippen LogP contribution in [0.3, 0.4) is 0 Å². The fourth-order valence-corrected chi connectivity index (χ4v) is 3.42. The van der Waals surface area contributed by atoms with E-state index in [-0.39, 0.29) is 24.6 Å². The molecular weight excluding hydrogens is 362 g/mol. The fraction of sp³-hybridized carbons (Fsp3) is 0.350. The zero-order chi connectivity index (χ0) is 18.1. The van der Waals surface area contributed by atoms with Gasteiger partial charge in [-0.2, -0.15) is 0 Å². The number of anilines is 1. The number of hydrogen-bond donors (Lipinski definition) is 1. The summed E-state index contributed by atoms with van der Waals surface area (Å²) < 4.78 is 5.82. The highest BCUT2D eigenvalue weighted by Crippen LogP contribution is 2.24. The van der Waals surface area contributed by atoms with Gasteiger partial charge in [-0.25, -0.2) is 9.97 Å². The van der Waals surface area contributed by atoms with Crippen LogP contribution in [0.15, 0.2) is 42.6 Å². The molecule has 0 aliphatic carbocycles. The lowest BCUT2D eigenvalue weighted by atomic mass is 10.2. The molecule has 0 bridgehead atoms. The molecule has 27 heavy (non-hydrogen) atoms. The van der Waals surface area contributed by atoms with Crippen molar-refractivity contribution in [2.45, 2.75) is 32.6 Å². The lowest BCUT2D eigenvalue weighted by Gasteiger charge is -2.36. The quantitative estimate of drug-likeness (QED) is 0.746. The fourth-order valence-electron chi connectivity index (χ4n) is 3.42. The van der Waals surface area contributed by atoms with Crippen LogP contribution in [0.4, 0.5) is 5.82 Å². The topological polar surface area (TPSA) is 77.2 Å². The van der Waals surface area contributed by atoms with Gasteiger partial charge in [0.15, 0.2) is 0 Å². The van der Waals surface area contributed by atoms with E-state index in [2.05, 4.69) is 23.7 Å². The minimum absolute atomic E-state index is 0. The second-order valence-electron chi connectivity index (χ2n) is 6.81. The van der Waals surface area contributed by atoms with E-state index in [0.717, 1.165) is 46.9 Å². The van der Waals surface area contributed by atoms with Crippen molar-refractivity contribution in [1.82, 2.24) is 15.0 Å². The lowest BCUT2D eigenvalue weighted by molar-refractivity contribution is -0.00545. The minimum Gasteiger partial charge on any atom is -0.372 e. The standard InChI is InChI=1S/C20H23N5O.ClH/c1-13-11-25(12-14(2)26-13)20-5-3-4-17(24-20)18-7-6-15-10-22-16(9-21)8-19(15)23-18;/h3-8,10,13-14H,9,11-12,21H2,1-2H3;1H/t13-,14+;. The number of morpholine rings is 1. The molecule has 1 aliphatic rings. The summed E-state index contributed by atoms with van der Waals surface area (Å²) in [5.74, 6) is 0.962. The third kappa shape index (κ3) is 4.18. The summed E-state index contributed by atoms with van der Waals surface area (Å²) in [6.07, 6.45) is 2.21. The Labute approximate surface area is 165 Å². The maximum absolute atomic E-state index is 5.82. The van der Waals surface area contributed by atoms with Gasteiger partial charge in [0, 0.05) is 31.2 Å². The number of nitrogens with two attached hydrogens (primary N) is 1. The highest BCUT2D eigenvalue weighted by molar-refractivity contribution is 5.85. The van der Waals surface area contributed by atoms with Gasteiger partial charge in [-0.1, -0.05) is 6.07 Å². The molecule has 0 spiro atoms. The number of fused-ring (bicyclic) bond motifs is 1. The van der Waals surface area contributed by atoms with Crippen molar-refractivity contribution in [3.05, 3.63) is 48.3 Å². The van der Waals surface area contributed by atoms with Crippen molar-refractivity contribution in [3.63, 3.8) is 0 Å². The molecule has 7 heteroatoms. The molecule has 3 aromatic heterocycles. The number of pyridine rings is 3.